The Hall–Kier alpha value is -0.340. The average Bonchev–Trinajstić information content (AvgIpc) is 2.76. The van der Waals surface area contributed by atoms with Crippen LogP contribution >= 0.6 is 11.3 Å². The van der Waals surface area contributed by atoms with E-state index in [0.29, 0.717) is 6.04 Å². The van der Waals surface area contributed by atoms with Crippen LogP contribution in [0.2, 0.25) is 0 Å². The molecule has 1 aromatic heterocycles. The standard InChI is InChI=1S/C16H27NS/c1-11(2)14-7-5-6-8-15(14)17-13(4)16-10-9-12(3)18-16/h9-11,13-15,17H,5-8H2,1-4H3. The van der Waals surface area contributed by atoms with Crippen molar-refractivity contribution < 1.29 is 0 Å². The van der Waals surface area contributed by atoms with Crippen LogP contribution in [0.4, 0.5) is 0 Å². The molecule has 3 unspecified atom stereocenters. The number of hydrogen-bond acceptors (Lipinski definition) is 2. The van der Waals surface area contributed by atoms with Crippen LogP contribution in [-0.2, 0) is 0 Å². The first-order valence-electron chi connectivity index (χ1n) is 7.40. The molecule has 102 valence electrons. The maximum absolute atomic E-state index is 3.89. The third-order valence-electron chi connectivity index (χ3n) is 4.33. The molecular weight excluding hydrogens is 238 g/mol. The van der Waals surface area contributed by atoms with E-state index >= 15 is 0 Å². The lowest BCUT2D eigenvalue weighted by atomic mass is 9.77. The van der Waals surface area contributed by atoms with E-state index in [9.17, 15) is 0 Å². The van der Waals surface area contributed by atoms with E-state index in [-0.39, 0.29) is 0 Å². The monoisotopic (exact) mass is 265 g/mol. The summed E-state index contributed by atoms with van der Waals surface area (Å²) in [5.41, 5.74) is 0. The zero-order chi connectivity index (χ0) is 13.1. The van der Waals surface area contributed by atoms with Crippen LogP contribution in [0.1, 0.15) is 62.3 Å². The summed E-state index contributed by atoms with van der Waals surface area (Å²) in [5, 5.41) is 3.89. The summed E-state index contributed by atoms with van der Waals surface area (Å²) < 4.78 is 0. The summed E-state index contributed by atoms with van der Waals surface area (Å²) in [6, 6.07) is 5.74. The van der Waals surface area contributed by atoms with Gasteiger partial charge in [-0.25, -0.2) is 0 Å². The van der Waals surface area contributed by atoms with Gasteiger partial charge in [0.15, 0.2) is 0 Å². The van der Waals surface area contributed by atoms with E-state index < -0.39 is 0 Å². The van der Waals surface area contributed by atoms with Crippen molar-refractivity contribution in [2.45, 2.75) is 65.5 Å². The van der Waals surface area contributed by atoms with Gasteiger partial charge in [-0.3, -0.25) is 0 Å². The average molecular weight is 265 g/mol. The number of rotatable bonds is 4. The molecule has 0 aliphatic heterocycles. The smallest absolute Gasteiger partial charge is 0.0388 e. The van der Waals surface area contributed by atoms with Gasteiger partial charge < -0.3 is 5.32 Å². The Morgan fingerprint density at radius 1 is 1.17 bits per heavy atom. The molecule has 0 amide bonds. The van der Waals surface area contributed by atoms with Gasteiger partial charge in [-0.1, -0.05) is 26.7 Å². The largest absolute Gasteiger partial charge is 0.306 e. The fourth-order valence-electron chi connectivity index (χ4n) is 3.25. The molecular formula is C16H27NS. The molecule has 1 N–H and O–H groups in total. The fraction of sp³-hybridized carbons (Fsp3) is 0.750. The van der Waals surface area contributed by atoms with Gasteiger partial charge in [-0.15, -0.1) is 11.3 Å². The molecule has 0 saturated heterocycles. The van der Waals surface area contributed by atoms with Crippen molar-refractivity contribution in [2.24, 2.45) is 11.8 Å². The van der Waals surface area contributed by atoms with Gasteiger partial charge in [0, 0.05) is 21.8 Å². The third-order valence-corrected chi connectivity index (χ3v) is 5.51. The predicted octanol–water partition coefficient (Wildman–Crippen LogP) is 4.92. The Morgan fingerprint density at radius 3 is 2.50 bits per heavy atom. The van der Waals surface area contributed by atoms with E-state index in [2.05, 4.69) is 45.1 Å². The van der Waals surface area contributed by atoms with Crippen LogP contribution in [0.3, 0.4) is 0 Å². The lowest BCUT2D eigenvalue weighted by Crippen LogP contribution is -2.41. The maximum Gasteiger partial charge on any atom is 0.0388 e. The Balaban J connectivity index is 1.98. The molecule has 3 atom stereocenters. The Kier molecular flexibility index (Phi) is 4.85. The molecule has 1 aromatic rings. The van der Waals surface area contributed by atoms with Crippen LogP contribution < -0.4 is 5.32 Å². The number of hydrogen-bond donors (Lipinski definition) is 1. The third kappa shape index (κ3) is 3.36. The highest BCUT2D eigenvalue weighted by molar-refractivity contribution is 7.12. The summed E-state index contributed by atoms with van der Waals surface area (Å²) in [5.74, 6) is 1.67. The Bertz CT molecular complexity index is 369. The van der Waals surface area contributed by atoms with Crippen molar-refractivity contribution in [2.75, 3.05) is 0 Å². The molecule has 2 rings (SSSR count). The van der Waals surface area contributed by atoms with Crippen molar-refractivity contribution in [1.29, 1.82) is 0 Å². The first-order chi connectivity index (χ1) is 8.58. The fourth-order valence-corrected chi connectivity index (χ4v) is 4.14. The quantitative estimate of drug-likeness (QED) is 0.814. The minimum absolute atomic E-state index is 0.507. The Labute approximate surface area is 116 Å². The second-order valence-electron chi connectivity index (χ2n) is 6.14. The van der Waals surface area contributed by atoms with Gasteiger partial charge in [0.1, 0.15) is 0 Å². The zero-order valence-electron chi connectivity index (χ0n) is 12.2. The molecule has 1 aliphatic carbocycles. The number of aryl methyl sites for hydroxylation is 1. The van der Waals surface area contributed by atoms with Crippen LogP contribution in [-0.4, -0.2) is 6.04 Å². The Morgan fingerprint density at radius 2 is 1.89 bits per heavy atom. The number of nitrogens with one attached hydrogen (secondary N) is 1. The minimum atomic E-state index is 0.507. The predicted molar refractivity (Wildman–Crippen MR) is 81.2 cm³/mol. The lowest BCUT2D eigenvalue weighted by Gasteiger charge is -2.36. The van der Waals surface area contributed by atoms with Gasteiger partial charge in [0.05, 0.1) is 0 Å². The van der Waals surface area contributed by atoms with E-state index in [4.69, 9.17) is 0 Å². The second-order valence-corrected chi connectivity index (χ2v) is 7.46. The maximum atomic E-state index is 3.89. The van der Waals surface area contributed by atoms with E-state index in [0.717, 1.165) is 17.9 Å². The summed E-state index contributed by atoms with van der Waals surface area (Å²) in [7, 11) is 0. The molecule has 0 bridgehead atoms. The molecule has 0 aromatic carbocycles. The first kappa shape index (κ1) is 14.1. The number of thiophene rings is 1. The SMILES string of the molecule is Cc1ccc(C(C)NC2CCCCC2C(C)C)s1. The van der Waals surface area contributed by atoms with Gasteiger partial charge in [0.25, 0.3) is 0 Å². The van der Waals surface area contributed by atoms with E-state index in [1.165, 1.54) is 35.4 Å². The first-order valence-corrected chi connectivity index (χ1v) is 8.22. The van der Waals surface area contributed by atoms with E-state index in [1.54, 1.807) is 0 Å². The van der Waals surface area contributed by atoms with Crippen molar-refractivity contribution in [3.8, 4) is 0 Å². The van der Waals surface area contributed by atoms with Crippen LogP contribution in [0.25, 0.3) is 0 Å². The molecule has 1 heterocycles. The van der Waals surface area contributed by atoms with Crippen molar-refractivity contribution in [3.05, 3.63) is 21.9 Å². The van der Waals surface area contributed by atoms with Crippen LogP contribution in [0.5, 0.6) is 0 Å². The van der Waals surface area contributed by atoms with Crippen LogP contribution in [0, 0.1) is 18.8 Å². The summed E-state index contributed by atoms with van der Waals surface area (Å²) in [4.78, 5) is 2.91. The molecule has 1 saturated carbocycles. The summed E-state index contributed by atoms with van der Waals surface area (Å²) in [6.07, 6.45) is 5.59. The second kappa shape index (κ2) is 6.21. The highest BCUT2D eigenvalue weighted by atomic mass is 32.1. The molecule has 0 spiro atoms. The molecule has 2 heteroatoms. The summed E-state index contributed by atoms with van der Waals surface area (Å²) in [6.45, 7) is 9.27. The van der Waals surface area contributed by atoms with Crippen molar-refractivity contribution in [3.63, 3.8) is 0 Å². The topological polar surface area (TPSA) is 12.0 Å². The molecule has 0 radical (unpaired) electrons. The molecule has 1 nitrogen and oxygen atoms in total. The highest BCUT2D eigenvalue weighted by Gasteiger charge is 2.28. The minimum Gasteiger partial charge on any atom is -0.306 e. The van der Waals surface area contributed by atoms with Gasteiger partial charge in [-0.05, 0) is 50.7 Å². The van der Waals surface area contributed by atoms with Crippen LogP contribution in [0.15, 0.2) is 12.1 Å². The van der Waals surface area contributed by atoms with E-state index in [1.807, 2.05) is 11.3 Å². The highest BCUT2D eigenvalue weighted by Crippen LogP contribution is 2.32. The zero-order valence-corrected chi connectivity index (χ0v) is 13.0. The normalized spacial score (nSPS) is 26.5. The molecule has 1 fully saturated rings. The molecule has 18 heavy (non-hydrogen) atoms. The van der Waals surface area contributed by atoms with Crippen molar-refractivity contribution in [1.82, 2.24) is 5.32 Å². The van der Waals surface area contributed by atoms with Gasteiger partial charge in [-0.2, -0.15) is 0 Å². The van der Waals surface area contributed by atoms with Crippen molar-refractivity contribution >= 4 is 11.3 Å². The van der Waals surface area contributed by atoms with Gasteiger partial charge >= 0.3 is 0 Å². The lowest BCUT2D eigenvalue weighted by molar-refractivity contribution is 0.195. The van der Waals surface area contributed by atoms with Gasteiger partial charge in [0.2, 0.25) is 0 Å². The molecule has 1 aliphatic rings. The summed E-state index contributed by atoms with van der Waals surface area (Å²) >= 11 is 1.93.